The predicted molar refractivity (Wildman–Crippen MR) is 82.3 cm³/mol. The highest BCUT2D eigenvalue weighted by molar-refractivity contribution is 7.99. The maximum atomic E-state index is 11.8. The predicted octanol–water partition coefficient (Wildman–Crippen LogP) is 3.54. The molecule has 1 saturated carbocycles. The summed E-state index contributed by atoms with van der Waals surface area (Å²) in [4.78, 5) is 13.0. The largest absolute Gasteiger partial charge is 0.301 e. The first kappa shape index (κ1) is 13.6. The molecule has 0 spiro atoms. The number of anilines is 1. The lowest BCUT2D eigenvalue weighted by atomic mass is 10.4. The number of benzene rings is 1. The van der Waals surface area contributed by atoms with Gasteiger partial charge in [-0.2, -0.15) is 0 Å². The second-order valence-corrected chi connectivity index (χ2v) is 6.86. The Morgan fingerprint density at radius 3 is 2.85 bits per heavy atom. The average Bonchev–Trinajstić information content (AvgIpc) is 3.21. The Labute approximate surface area is 126 Å². The summed E-state index contributed by atoms with van der Waals surface area (Å²) in [6, 6.07) is 10.1. The summed E-state index contributed by atoms with van der Waals surface area (Å²) in [6.45, 7) is 0. The van der Waals surface area contributed by atoms with E-state index in [1.807, 2.05) is 18.2 Å². The van der Waals surface area contributed by atoms with Crippen molar-refractivity contribution in [1.82, 2.24) is 10.2 Å². The fraction of sp³-hybridized carbons (Fsp3) is 0.357. The summed E-state index contributed by atoms with van der Waals surface area (Å²) in [5.74, 6) is 1.36. The molecule has 1 N–H and O–H groups in total. The lowest BCUT2D eigenvalue weighted by molar-refractivity contribution is -0.115. The molecule has 3 rings (SSSR count). The number of amides is 1. The zero-order valence-corrected chi connectivity index (χ0v) is 12.5. The van der Waals surface area contributed by atoms with E-state index in [1.165, 1.54) is 29.1 Å². The maximum Gasteiger partial charge on any atom is 0.227 e. The first-order valence-corrected chi connectivity index (χ1v) is 8.42. The summed E-state index contributed by atoms with van der Waals surface area (Å²) in [5.41, 5.74) is 0. The fourth-order valence-electron chi connectivity index (χ4n) is 1.74. The molecule has 0 radical (unpaired) electrons. The summed E-state index contributed by atoms with van der Waals surface area (Å²) >= 11 is 3.19. The molecule has 104 valence electrons. The van der Waals surface area contributed by atoms with Crippen LogP contribution in [0.1, 0.15) is 30.2 Å². The van der Waals surface area contributed by atoms with E-state index in [-0.39, 0.29) is 5.91 Å². The van der Waals surface area contributed by atoms with Crippen molar-refractivity contribution in [2.24, 2.45) is 0 Å². The monoisotopic (exact) mass is 305 g/mol. The Balaban J connectivity index is 1.42. The van der Waals surface area contributed by atoms with Crippen LogP contribution < -0.4 is 5.32 Å². The number of carbonyl (C=O) groups is 1. The van der Waals surface area contributed by atoms with E-state index < -0.39 is 0 Å². The number of hydrogen-bond donors (Lipinski definition) is 1. The molecular formula is C14H15N3OS2. The Bertz CT molecular complexity index is 581. The van der Waals surface area contributed by atoms with Gasteiger partial charge in [0, 0.05) is 23.0 Å². The number of nitrogens with one attached hydrogen (secondary N) is 1. The van der Waals surface area contributed by atoms with Gasteiger partial charge >= 0.3 is 0 Å². The highest BCUT2D eigenvalue weighted by Gasteiger charge is 2.27. The molecule has 1 aromatic carbocycles. The number of thioether (sulfide) groups is 1. The first-order chi connectivity index (χ1) is 9.81. The number of carbonyl (C=O) groups excluding carboxylic acids is 1. The van der Waals surface area contributed by atoms with Crippen LogP contribution >= 0.6 is 23.1 Å². The molecule has 2 aromatic rings. The molecule has 1 aromatic heterocycles. The average molecular weight is 305 g/mol. The summed E-state index contributed by atoms with van der Waals surface area (Å²) < 4.78 is 0. The van der Waals surface area contributed by atoms with E-state index >= 15 is 0 Å². The minimum absolute atomic E-state index is 0.00641. The van der Waals surface area contributed by atoms with Crippen LogP contribution in [-0.4, -0.2) is 21.9 Å². The molecule has 0 unspecified atom stereocenters. The zero-order valence-electron chi connectivity index (χ0n) is 10.9. The summed E-state index contributed by atoms with van der Waals surface area (Å²) in [7, 11) is 0. The number of rotatable bonds is 6. The van der Waals surface area contributed by atoms with E-state index in [1.54, 1.807) is 11.8 Å². The van der Waals surface area contributed by atoms with E-state index in [2.05, 4.69) is 27.6 Å². The molecule has 1 aliphatic carbocycles. The van der Waals surface area contributed by atoms with Crippen molar-refractivity contribution in [3.63, 3.8) is 0 Å². The summed E-state index contributed by atoms with van der Waals surface area (Å²) in [6.07, 6.45) is 2.89. The Morgan fingerprint density at radius 2 is 2.10 bits per heavy atom. The van der Waals surface area contributed by atoms with Crippen LogP contribution in [0.25, 0.3) is 0 Å². The lowest BCUT2D eigenvalue weighted by Gasteiger charge is -2.01. The smallest absolute Gasteiger partial charge is 0.227 e. The first-order valence-electron chi connectivity index (χ1n) is 6.62. The van der Waals surface area contributed by atoms with Crippen molar-refractivity contribution in [3.8, 4) is 0 Å². The molecule has 20 heavy (non-hydrogen) atoms. The molecule has 0 aliphatic heterocycles. The van der Waals surface area contributed by atoms with E-state index in [4.69, 9.17) is 0 Å². The third kappa shape index (κ3) is 3.80. The van der Waals surface area contributed by atoms with Gasteiger partial charge in [0.1, 0.15) is 5.01 Å². The molecule has 4 nitrogen and oxygen atoms in total. The van der Waals surface area contributed by atoms with Gasteiger partial charge in [-0.3, -0.25) is 4.79 Å². The Morgan fingerprint density at radius 1 is 1.30 bits per heavy atom. The molecule has 0 atom stereocenters. The molecule has 0 saturated heterocycles. The van der Waals surface area contributed by atoms with Crippen LogP contribution in [0.3, 0.4) is 0 Å². The van der Waals surface area contributed by atoms with Crippen LogP contribution in [0.2, 0.25) is 0 Å². The van der Waals surface area contributed by atoms with Gasteiger partial charge in [0.05, 0.1) is 0 Å². The topological polar surface area (TPSA) is 54.9 Å². The molecule has 1 amide bonds. The molecule has 1 fully saturated rings. The van der Waals surface area contributed by atoms with Gasteiger partial charge in [-0.15, -0.1) is 22.0 Å². The van der Waals surface area contributed by atoms with Crippen molar-refractivity contribution in [2.75, 3.05) is 11.1 Å². The molecular weight excluding hydrogens is 290 g/mol. The zero-order chi connectivity index (χ0) is 13.8. The SMILES string of the molecule is O=C(CCSc1ccccc1)Nc1nnc(C2CC2)s1. The Kier molecular flexibility index (Phi) is 4.32. The van der Waals surface area contributed by atoms with Crippen LogP contribution in [0.5, 0.6) is 0 Å². The highest BCUT2D eigenvalue weighted by Crippen LogP contribution is 2.42. The Hall–Kier alpha value is -1.40. The quantitative estimate of drug-likeness (QED) is 0.829. The van der Waals surface area contributed by atoms with Gasteiger partial charge in [0.25, 0.3) is 0 Å². The lowest BCUT2D eigenvalue weighted by Crippen LogP contribution is -2.11. The van der Waals surface area contributed by atoms with Gasteiger partial charge in [0.15, 0.2) is 0 Å². The standard InChI is InChI=1S/C14H15N3OS2/c18-12(8-9-19-11-4-2-1-3-5-11)15-14-17-16-13(20-14)10-6-7-10/h1-5,10H,6-9H2,(H,15,17,18). The molecule has 0 bridgehead atoms. The van der Waals surface area contributed by atoms with Crippen molar-refractivity contribution in [3.05, 3.63) is 35.3 Å². The summed E-state index contributed by atoms with van der Waals surface area (Å²) in [5, 5.41) is 12.6. The van der Waals surface area contributed by atoms with E-state index in [0.717, 1.165) is 10.8 Å². The third-order valence-corrected chi connectivity index (χ3v) is 4.97. The van der Waals surface area contributed by atoms with Crippen molar-refractivity contribution >= 4 is 34.1 Å². The van der Waals surface area contributed by atoms with E-state index in [9.17, 15) is 4.79 Å². The number of nitrogens with zero attached hydrogens (tertiary/aromatic N) is 2. The number of hydrogen-bond acceptors (Lipinski definition) is 5. The van der Waals surface area contributed by atoms with Gasteiger partial charge in [-0.25, -0.2) is 0 Å². The van der Waals surface area contributed by atoms with Crippen LogP contribution in [0, 0.1) is 0 Å². The number of aromatic nitrogens is 2. The third-order valence-electron chi connectivity index (χ3n) is 2.95. The maximum absolute atomic E-state index is 11.8. The second-order valence-electron chi connectivity index (χ2n) is 4.68. The van der Waals surface area contributed by atoms with Gasteiger partial charge < -0.3 is 5.32 Å². The fourth-order valence-corrected chi connectivity index (χ4v) is 3.54. The normalized spacial score (nSPS) is 14.2. The minimum Gasteiger partial charge on any atom is -0.301 e. The minimum atomic E-state index is 0.00641. The van der Waals surface area contributed by atoms with Gasteiger partial charge in [-0.1, -0.05) is 29.5 Å². The van der Waals surface area contributed by atoms with Gasteiger partial charge in [-0.05, 0) is 25.0 Å². The molecule has 6 heteroatoms. The van der Waals surface area contributed by atoms with Crippen LogP contribution in [0.4, 0.5) is 5.13 Å². The van der Waals surface area contributed by atoms with Gasteiger partial charge in [0.2, 0.25) is 11.0 Å². The van der Waals surface area contributed by atoms with Crippen LogP contribution in [0.15, 0.2) is 35.2 Å². The molecule has 1 heterocycles. The highest BCUT2D eigenvalue weighted by atomic mass is 32.2. The van der Waals surface area contributed by atoms with Crippen molar-refractivity contribution in [1.29, 1.82) is 0 Å². The van der Waals surface area contributed by atoms with Crippen molar-refractivity contribution < 1.29 is 4.79 Å². The van der Waals surface area contributed by atoms with Crippen molar-refractivity contribution in [2.45, 2.75) is 30.1 Å². The molecule has 1 aliphatic rings. The van der Waals surface area contributed by atoms with Crippen LogP contribution in [-0.2, 0) is 4.79 Å². The van der Waals surface area contributed by atoms with E-state index in [0.29, 0.717) is 17.5 Å². The second kappa shape index (κ2) is 6.37.